The van der Waals surface area contributed by atoms with Gasteiger partial charge in [0.05, 0.1) is 16.8 Å². The molecule has 1 saturated heterocycles. The fraction of sp³-hybridized carbons (Fsp3) is 0.524. The predicted octanol–water partition coefficient (Wildman–Crippen LogP) is 3.00. The Morgan fingerprint density at radius 3 is 2.47 bits per heavy atom. The van der Waals surface area contributed by atoms with Crippen LogP contribution in [0.5, 0.6) is 0 Å². The number of piperazine rings is 1. The van der Waals surface area contributed by atoms with Crippen LogP contribution in [0.2, 0.25) is 0 Å². The Hall–Kier alpha value is -2.55. The van der Waals surface area contributed by atoms with E-state index < -0.39 is 11.7 Å². The number of nitrogens with zero attached hydrogens (tertiary/aromatic N) is 4. The molecule has 3 rings (SSSR count). The van der Waals surface area contributed by atoms with E-state index in [1.165, 1.54) is 12.1 Å². The largest absolute Gasteiger partial charge is 0.416 e. The highest BCUT2D eigenvalue weighted by Gasteiger charge is 2.31. The second-order valence-corrected chi connectivity index (χ2v) is 7.66. The predicted molar refractivity (Wildman–Crippen MR) is 110 cm³/mol. The molecule has 1 aliphatic heterocycles. The minimum absolute atomic E-state index is 0.104. The average molecular weight is 423 g/mol. The molecule has 2 heterocycles. The summed E-state index contributed by atoms with van der Waals surface area (Å²) in [5.74, 6) is -0.104. The van der Waals surface area contributed by atoms with Crippen LogP contribution >= 0.6 is 0 Å². The number of aryl methyl sites for hydroxylation is 2. The minimum Gasteiger partial charge on any atom is -0.369 e. The van der Waals surface area contributed by atoms with E-state index in [1.807, 2.05) is 25.8 Å². The maximum absolute atomic E-state index is 12.9. The first-order valence-corrected chi connectivity index (χ1v) is 10.1. The van der Waals surface area contributed by atoms with Gasteiger partial charge in [-0.25, -0.2) is 0 Å². The van der Waals surface area contributed by atoms with E-state index in [1.54, 1.807) is 10.7 Å². The molecule has 1 fully saturated rings. The van der Waals surface area contributed by atoms with Crippen molar-refractivity contribution in [3.05, 3.63) is 46.8 Å². The third kappa shape index (κ3) is 5.13. The molecule has 1 aliphatic rings. The summed E-state index contributed by atoms with van der Waals surface area (Å²) in [6.45, 7) is 8.03. The molecule has 0 atom stereocenters. The maximum Gasteiger partial charge on any atom is 0.416 e. The molecule has 0 saturated carbocycles. The van der Waals surface area contributed by atoms with Crippen molar-refractivity contribution < 1.29 is 18.0 Å². The minimum atomic E-state index is -4.32. The third-order valence-electron chi connectivity index (χ3n) is 5.58. The molecule has 0 bridgehead atoms. The Bertz CT molecular complexity index is 885. The van der Waals surface area contributed by atoms with Crippen LogP contribution in [0.3, 0.4) is 0 Å². The molecule has 6 nitrogen and oxygen atoms in total. The zero-order valence-electron chi connectivity index (χ0n) is 17.6. The highest BCUT2D eigenvalue weighted by Crippen LogP contribution is 2.31. The van der Waals surface area contributed by atoms with E-state index >= 15 is 0 Å². The normalized spacial score (nSPS) is 15.5. The molecule has 1 amide bonds. The van der Waals surface area contributed by atoms with E-state index in [0.717, 1.165) is 43.5 Å². The van der Waals surface area contributed by atoms with Gasteiger partial charge in [-0.2, -0.15) is 18.3 Å². The summed E-state index contributed by atoms with van der Waals surface area (Å²) >= 11 is 0. The summed E-state index contributed by atoms with van der Waals surface area (Å²) in [5, 5.41) is 7.22. The number of amides is 1. The molecule has 9 heteroatoms. The molecule has 0 radical (unpaired) electrons. The topological polar surface area (TPSA) is 53.4 Å². The van der Waals surface area contributed by atoms with Gasteiger partial charge in [0.15, 0.2) is 0 Å². The molecule has 1 aromatic heterocycles. The molecule has 0 unspecified atom stereocenters. The number of benzene rings is 1. The molecule has 2 aromatic rings. The number of carbonyl (C=O) groups excluding carboxylic acids is 1. The molecule has 0 spiro atoms. The van der Waals surface area contributed by atoms with Gasteiger partial charge in [-0.05, 0) is 45.0 Å². The van der Waals surface area contributed by atoms with Crippen molar-refractivity contribution in [3.8, 4) is 0 Å². The standard InChI is InChI=1S/C21H28F3N5O/c1-15-19(16(2)27(3)26-15)20(30)25-8-5-9-28-10-12-29(13-11-28)18-7-4-6-17(14-18)21(22,23)24/h4,6-7,14H,5,8-13H2,1-3H3,(H,25,30). The molecule has 1 aromatic carbocycles. The second kappa shape index (κ2) is 9.07. The molecule has 30 heavy (non-hydrogen) atoms. The van der Waals surface area contributed by atoms with E-state index in [2.05, 4.69) is 15.3 Å². The van der Waals surface area contributed by atoms with Gasteiger partial charge in [0.2, 0.25) is 0 Å². The van der Waals surface area contributed by atoms with Gasteiger partial charge < -0.3 is 10.2 Å². The lowest BCUT2D eigenvalue weighted by atomic mass is 10.1. The van der Waals surface area contributed by atoms with Crippen LogP contribution < -0.4 is 10.2 Å². The highest BCUT2D eigenvalue weighted by molar-refractivity contribution is 5.96. The van der Waals surface area contributed by atoms with Crippen molar-refractivity contribution >= 4 is 11.6 Å². The Morgan fingerprint density at radius 2 is 1.87 bits per heavy atom. The summed E-state index contributed by atoms with van der Waals surface area (Å²) in [6, 6.07) is 5.50. The van der Waals surface area contributed by atoms with Crippen LogP contribution in [0, 0.1) is 13.8 Å². The van der Waals surface area contributed by atoms with Gasteiger partial charge >= 0.3 is 6.18 Å². The van der Waals surface area contributed by atoms with Gasteiger partial charge in [0.25, 0.3) is 5.91 Å². The fourth-order valence-electron chi connectivity index (χ4n) is 3.80. The molecule has 0 aliphatic carbocycles. The highest BCUT2D eigenvalue weighted by atomic mass is 19.4. The Morgan fingerprint density at radius 1 is 1.17 bits per heavy atom. The Labute approximate surface area is 174 Å². The van der Waals surface area contributed by atoms with E-state index in [9.17, 15) is 18.0 Å². The number of hydrogen-bond acceptors (Lipinski definition) is 4. The Kier molecular flexibility index (Phi) is 6.70. The first-order valence-electron chi connectivity index (χ1n) is 10.1. The van der Waals surface area contributed by atoms with E-state index in [0.29, 0.717) is 30.9 Å². The lowest BCUT2D eigenvalue weighted by Crippen LogP contribution is -2.47. The first-order chi connectivity index (χ1) is 14.2. The van der Waals surface area contributed by atoms with E-state index in [4.69, 9.17) is 0 Å². The van der Waals surface area contributed by atoms with E-state index in [-0.39, 0.29) is 5.91 Å². The van der Waals surface area contributed by atoms with Crippen LogP contribution in [0.1, 0.15) is 33.7 Å². The van der Waals surface area contributed by atoms with Gasteiger partial charge in [-0.1, -0.05) is 6.07 Å². The molecule has 164 valence electrons. The van der Waals surface area contributed by atoms with Crippen LogP contribution in [0.4, 0.5) is 18.9 Å². The van der Waals surface area contributed by atoms with Crippen molar-refractivity contribution in [1.82, 2.24) is 20.0 Å². The summed E-state index contributed by atoms with van der Waals surface area (Å²) < 4.78 is 40.5. The van der Waals surface area contributed by atoms with Crippen molar-refractivity contribution in [2.75, 3.05) is 44.2 Å². The maximum atomic E-state index is 12.9. The van der Waals surface area contributed by atoms with Crippen molar-refractivity contribution in [3.63, 3.8) is 0 Å². The van der Waals surface area contributed by atoms with Gasteiger partial charge in [0.1, 0.15) is 0 Å². The Balaban J connectivity index is 1.42. The SMILES string of the molecule is Cc1nn(C)c(C)c1C(=O)NCCCN1CCN(c2cccc(C(F)(F)F)c2)CC1. The number of carbonyl (C=O) groups is 1. The number of halogens is 3. The van der Waals surface area contributed by atoms with Crippen LogP contribution in [0.15, 0.2) is 24.3 Å². The van der Waals surface area contributed by atoms with Gasteiger partial charge in [-0.15, -0.1) is 0 Å². The summed E-state index contributed by atoms with van der Waals surface area (Å²) in [5.41, 5.74) is 2.19. The molecular weight excluding hydrogens is 395 g/mol. The number of alkyl halides is 3. The summed E-state index contributed by atoms with van der Waals surface area (Å²) in [4.78, 5) is 16.6. The first kappa shape index (κ1) is 22.1. The lowest BCUT2D eigenvalue weighted by Gasteiger charge is -2.36. The number of hydrogen-bond donors (Lipinski definition) is 1. The second-order valence-electron chi connectivity index (χ2n) is 7.66. The molecule has 1 N–H and O–H groups in total. The van der Waals surface area contributed by atoms with Crippen LogP contribution in [-0.2, 0) is 13.2 Å². The smallest absolute Gasteiger partial charge is 0.369 e. The quantitative estimate of drug-likeness (QED) is 0.726. The number of aromatic nitrogens is 2. The van der Waals surface area contributed by atoms with Crippen LogP contribution in [-0.4, -0.2) is 59.9 Å². The lowest BCUT2D eigenvalue weighted by molar-refractivity contribution is -0.137. The zero-order chi connectivity index (χ0) is 21.9. The number of anilines is 1. The van der Waals surface area contributed by atoms with Crippen LogP contribution in [0.25, 0.3) is 0 Å². The zero-order valence-corrected chi connectivity index (χ0v) is 17.6. The monoisotopic (exact) mass is 423 g/mol. The van der Waals surface area contributed by atoms with Gasteiger partial charge in [-0.3, -0.25) is 14.4 Å². The number of rotatable bonds is 6. The fourth-order valence-corrected chi connectivity index (χ4v) is 3.80. The van der Waals surface area contributed by atoms with Crippen molar-refractivity contribution in [2.45, 2.75) is 26.4 Å². The molecular formula is C21H28F3N5O. The summed E-state index contributed by atoms with van der Waals surface area (Å²) in [6.07, 6.45) is -3.51. The average Bonchev–Trinajstić information content (AvgIpc) is 2.96. The number of nitrogens with one attached hydrogen (secondary N) is 1. The van der Waals surface area contributed by atoms with Crippen molar-refractivity contribution in [1.29, 1.82) is 0 Å². The van der Waals surface area contributed by atoms with Gasteiger partial charge in [0, 0.05) is 51.2 Å². The third-order valence-corrected chi connectivity index (χ3v) is 5.58. The van der Waals surface area contributed by atoms with Crippen molar-refractivity contribution in [2.24, 2.45) is 7.05 Å². The summed E-state index contributed by atoms with van der Waals surface area (Å²) in [7, 11) is 1.82.